The molecule has 1 aliphatic heterocycles. The van der Waals surface area contributed by atoms with Gasteiger partial charge >= 0.3 is 6.18 Å². The normalized spacial score (nSPS) is 14.4. The van der Waals surface area contributed by atoms with Crippen LogP contribution >= 0.6 is 0 Å². The summed E-state index contributed by atoms with van der Waals surface area (Å²) in [5.74, 6) is -1.43. The van der Waals surface area contributed by atoms with E-state index in [2.05, 4.69) is 9.83 Å². The van der Waals surface area contributed by atoms with Crippen LogP contribution in [0.15, 0.2) is 42.6 Å². The highest BCUT2D eigenvalue weighted by Crippen LogP contribution is 2.46. The summed E-state index contributed by atoms with van der Waals surface area (Å²) in [6, 6.07) is 8.45. The number of hydrogen-bond donors (Lipinski definition) is 2. The Balaban J connectivity index is 1.95. The third-order valence-corrected chi connectivity index (χ3v) is 5.98. The van der Waals surface area contributed by atoms with Crippen molar-refractivity contribution in [2.75, 3.05) is 18.0 Å². The highest BCUT2D eigenvalue weighted by atomic mass is 19.4. The third kappa shape index (κ3) is 4.61. The van der Waals surface area contributed by atoms with Crippen molar-refractivity contribution in [1.82, 2.24) is 4.98 Å². The molecule has 1 saturated heterocycles. The van der Waals surface area contributed by atoms with E-state index in [9.17, 15) is 22.7 Å². The summed E-state index contributed by atoms with van der Waals surface area (Å²) in [4.78, 5) is 10.00. The molecule has 35 heavy (non-hydrogen) atoms. The first-order valence-electron chi connectivity index (χ1n) is 10.7. The van der Waals surface area contributed by atoms with Gasteiger partial charge in [0.25, 0.3) is 0 Å². The summed E-state index contributed by atoms with van der Waals surface area (Å²) in [7, 11) is 0. The molecule has 0 spiro atoms. The summed E-state index contributed by atoms with van der Waals surface area (Å²) >= 11 is 0. The van der Waals surface area contributed by atoms with Gasteiger partial charge in [0.1, 0.15) is 23.5 Å². The zero-order valence-electron chi connectivity index (χ0n) is 18.3. The number of nitrogens with zero attached hydrogens (tertiary/aromatic N) is 4. The summed E-state index contributed by atoms with van der Waals surface area (Å²) < 4.78 is 54.0. The molecule has 1 fully saturated rings. The number of hydrogen-bond acceptors (Lipinski definition) is 5. The van der Waals surface area contributed by atoms with Crippen LogP contribution in [0, 0.1) is 23.7 Å². The van der Waals surface area contributed by atoms with E-state index in [1.165, 1.54) is 18.3 Å². The van der Waals surface area contributed by atoms with Crippen LogP contribution in [-0.4, -0.2) is 29.2 Å². The van der Waals surface area contributed by atoms with Crippen LogP contribution < -0.4 is 10.6 Å². The molecule has 0 saturated carbocycles. The Bertz CT molecular complexity index is 1370. The van der Waals surface area contributed by atoms with Gasteiger partial charge in [-0.05, 0) is 53.8 Å². The molecule has 1 aliphatic rings. The molecule has 0 amide bonds. The highest BCUT2D eigenvalue weighted by molar-refractivity contribution is 5.96. The van der Waals surface area contributed by atoms with E-state index in [0.717, 1.165) is 24.3 Å². The molecule has 6 nitrogen and oxygen atoms in total. The maximum Gasteiger partial charge on any atom is 0.419 e. The average molecular weight is 481 g/mol. The Morgan fingerprint density at radius 3 is 2.40 bits per heavy atom. The summed E-state index contributed by atoms with van der Waals surface area (Å²) in [6.45, 7) is 8.98. The van der Waals surface area contributed by atoms with Crippen LogP contribution in [0.25, 0.3) is 27.1 Å². The lowest BCUT2D eigenvalue weighted by molar-refractivity contribution is -0.138. The van der Waals surface area contributed by atoms with Gasteiger partial charge in [-0.1, -0.05) is 12.1 Å². The lowest BCUT2D eigenvalue weighted by Gasteiger charge is -2.32. The van der Waals surface area contributed by atoms with Crippen molar-refractivity contribution in [2.24, 2.45) is 5.73 Å². The summed E-state index contributed by atoms with van der Waals surface area (Å²) in [5, 5.41) is 19.1. The number of nitrogens with two attached hydrogens (primary N) is 1. The van der Waals surface area contributed by atoms with Gasteiger partial charge in [0, 0.05) is 30.9 Å². The van der Waals surface area contributed by atoms with Gasteiger partial charge in [0.15, 0.2) is 0 Å². The highest BCUT2D eigenvalue weighted by Gasteiger charge is 2.34. The number of halogens is 4. The van der Waals surface area contributed by atoms with Crippen LogP contribution in [0.1, 0.15) is 24.0 Å². The lowest BCUT2D eigenvalue weighted by Crippen LogP contribution is -2.40. The van der Waals surface area contributed by atoms with Gasteiger partial charge in [-0.2, -0.15) is 18.4 Å². The number of alkyl halides is 3. The number of aromatic hydroxyl groups is 1. The van der Waals surface area contributed by atoms with Crippen LogP contribution in [0.2, 0.25) is 0 Å². The van der Waals surface area contributed by atoms with E-state index in [4.69, 9.17) is 17.6 Å². The molecule has 3 N–H and O–H groups in total. The Hall–Kier alpha value is -4.15. The van der Waals surface area contributed by atoms with Crippen molar-refractivity contribution >= 4 is 11.5 Å². The first-order chi connectivity index (χ1) is 16.6. The van der Waals surface area contributed by atoms with Crippen molar-refractivity contribution in [1.29, 1.82) is 5.26 Å². The van der Waals surface area contributed by atoms with E-state index in [0.29, 0.717) is 31.7 Å². The van der Waals surface area contributed by atoms with E-state index in [-0.39, 0.29) is 39.5 Å². The molecule has 0 atom stereocenters. The molecule has 2 aromatic carbocycles. The van der Waals surface area contributed by atoms with Gasteiger partial charge in [0.2, 0.25) is 5.69 Å². The standard InChI is InChI=1S/C25H19F4N5O/c1-32-23-22(15-2-3-16(12-30)20(26)10-15)18(13-33-24(23)34-8-6-17(31)7-9-34)14-4-5-19(21(35)11-14)25(27,28)29/h2-5,10-11,13,17,35H,6-9,31H2. The smallest absolute Gasteiger partial charge is 0.419 e. The van der Waals surface area contributed by atoms with E-state index >= 15 is 0 Å². The number of pyridine rings is 1. The topological polar surface area (TPSA) is 90.5 Å². The number of benzene rings is 2. The third-order valence-electron chi connectivity index (χ3n) is 5.98. The molecule has 10 heteroatoms. The van der Waals surface area contributed by atoms with Gasteiger partial charge in [-0.15, -0.1) is 0 Å². The maximum atomic E-state index is 14.5. The first-order valence-corrected chi connectivity index (χ1v) is 10.7. The fourth-order valence-electron chi connectivity index (χ4n) is 4.15. The molecule has 1 aromatic heterocycles. The second kappa shape index (κ2) is 9.24. The van der Waals surface area contributed by atoms with E-state index in [1.54, 1.807) is 6.07 Å². The minimum atomic E-state index is -4.75. The monoisotopic (exact) mass is 481 g/mol. The number of rotatable bonds is 3. The number of nitriles is 1. The average Bonchev–Trinajstić information content (AvgIpc) is 2.82. The van der Waals surface area contributed by atoms with E-state index in [1.807, 2.05) is 4.90 Å². The van der Waals surface area contributed by atoms with Gasteiger partial charge in [-0.25, -0.2) is 9.24 Å². The van der Waals surface area contributed by atoms with Crippen molar-refractivity contribution < 1.29 is 22.7 Å². The minimum absolute atomic E-state index is 0.0316. The molecule has 4 rings (SSSR count). The zero-order valence-corrected chi connectivity index (χ0v) is 18.3. The fourth-order valence-corrected chi connectivity index (χ4v) is 4.15. The summed E-state index contributed by atoms with van der Waals surface area (Å²) in [6.07, 6.45) is -1.98. The van der Waals surface area contributed by atoms with Crippen LogP contribution in [0.3, 0.4) is 0 Å². The second-order valence-electron chi connectivity index (χ2n) is 8.19. The summed E-state index contributed by atoms with van der Waals surface area (Å²) in [5.41, 5.74) is 5.57. The van der Waals surface area contributed by atoms with Crippen LogP contribution in [0.5, 0.6) is 5.75 Å². The predicted octanol–water partition coefficient (Wildman–Crippen LogP) is 5.63. The maximum absolute atomic E-state index is 14.5. The van der Waals surface area contributed by atoms with Crippen LogP contribution in [0.4, 0.5) is 29.1 Å². The molecule has 3 aromatic rings. The van der Waals surface area contributed by atoms with Crippen molar-refractivity contribution in [2.45, 2.75) is 25.1 Å². The largest absolute Gasteiger partial charge is 0.507 e. The molecular weight excluding hydrogens is 462 g/mol. The molecule has 0 unspecified atom stereocenters. The number of piperidine rings is 1. The first kappa shape index (κ1) is 24.0. The lowest BCUT2D eigenvalue weighted by atomic mass is 9.92. The molecular formula is C25H19F4N5O. The van der Waals surface area contributed by atoms with Crippen molar-refractivity contribution in [3.63, 3.8) is 0 Å². The Labute approximate surface area is 198 Å². The van der Waals surface area contributed by atoms with Crippen molar-refractivity contribution in [3.8, 4) is 34.1 Å². The molecule has 0 radical (unpaired) electrons. The number of phenols is 1. The molecule has 2 heterocycles. The van der Waals surface area contributed by atoms with Gasteiger partial charge < -0.3 is 15.7 Å². The van der Waals surface area contributed by atoms with Gasteiger partial charge in [0.05, 0.1) is 17.7 Å². The second-order valence-corrected chi connectivity index (χ2v) is 8.19. The SMILES string of the molecule is [C-]#[N+]c1c(N2CCC(N)CC2)ncc(-c2ccc(C(F)(F)F)c(O)c2)c1-c1ccc(C#N)c(F)c1. The number of phenolic OH excluding ortho intramolecular Hbond substituents is 1. The molecule has 178 valence electrons. The Kier molecular flexibility index (Phi) is 6.33. The predicted molar refractivity (Wildman–Crippen MR) is 122 cm³/mol. The van der Waals surface area contributed by atoms with E-state index < -0.39 is 23.3 Å². The minimum Gasteiger partial charge on any atom is -0.507 e. The number of anilines is 1. The zero-order chi connectivity index (χ0) is 25.3. The van der Waals surface area contributed by atoms with Crippen molar-refractivity contribution in [3.05, 3.63) is 71.0 Å². The van der Waals surface area contributed by atoms with Gasteiger partial charge in [-0.3, -0.25) is 4.98 Å². The fraction of sp³-hybridized carbons (Fsp3) is 0.240. The number of aromatic nitrogens is 1. The molecule has 0 aliphatic carbocycles. The Morgan fingerprint density at radius 1 is 1.14 bits per heavy atom. The van der Waals surface area contributed by atoms with Crippen LogP contribution in [-0.2, 0) is 6.18 Å². The molecule has 0 bridgehead atoms. The Morgan fingerprint density at radius 2 is 1.83 bits per heavy atom. The quantitative estimate of drug-likeness (QED) is 0.374.